The summed E-state index contributed by atoms with van der Waals surface area (Å²) in [7, 11) is 0. The van der Waals surface area contributed by atoms with Crippen LogP contribution < -0.4 is 0 Å². The first kappa shape index (κ1) is 83.1. The molecule has 0 atom stereocenters. The number of nitriles is 2. The van der Waals surface area contributed by atoms with Crippen LogP contribution >= 0.6 is 0 Å². The van der Waals surface area contributed by atoms with Crippen molar-refractivity contribution < 1.29 is 0 Å². The van der Waals surface area contributed by atoms with Crippen molar-refractivity contribution in [3.63, 3.8) is 0 Å². The molecule has 0 saturated carbocycles. The standard InChI is InChI=1S/C42H27N3.C31H17N5.C30H20N2.C29H19N3/c1-7-19-37-31(13-1)32-14-2-8-20-38(32)43(37)28-25-29(44-39-21-9-3-15-33(39)34-16-4-10-22-40(34)44)27-30(26-28)45-41-23-11-5-17-35(41)36-18-6-12-24-42(36)45;32-18-20-12-14-28-24(16-20)22-6-1-3-8-26(22)35(28)30-10-5-11-31(34-30)36-27-9-4-2-7-23(27)25-17-21(19-33)13-15-29(25)36;1-5-16-27-23(12-1)24-13-2-6-17-28(24)31(27)21-10-9-11-22(20-21)32-29-18-7-3-14-25(29)26-15-4-8-19-30(26)32;1-5-14-24-20(10-1)21-11-2-6-15-25(21)31(24)28-18-9-19-29(30-28)32-26-16-7-3-12-22(26)23-13-4-8-17-27(23)32/h1-27H;1-17H;1-20H;1-19H. The van der Waals surface area contributed by atoms with Gasteiger partial charge in [-0.05, 0) is 194 Å². The average molecular weight is 1850 g/mol. The lowest BCUT2D eigenvalue weighted by molar-refractivity contribution is 1.01. The van der Waals surface area contributed by atoms with E-state index in [-0.39, 0.29) is 0 Å². The van der Waals surface area contributed by atoms with E-state index < -0.39 is 0 Å². The molecule has 0 saturated heterocycles. The Morgan fingerprint density at radius 1 is 0.124 bits per heavy atom. The molecule has 0 radical (unpaired) electrons. The SMILES string of the molecule is N#Cc1ccc2c(c1)c1ccccc1n2-c1cccc(-n2c3ccccc3c3cc(C#N)ccc32)n1.c1cc(-n2c3ccccc3c3ccccc32)cc(-n2c3ccccc3c3ccccc32)c1.c1cc(-n2c3ccccc3c3ccccc32)nc(-n2c3ccccc3c3ccccc32)c1.c1ccc2c(c1)c1ccccc1n2-c1cc(-n2c3ccccc3c3ccccc32)cc(-n2c3ccccc3c3ccccc32)c1. The molecule has 0 bridgehead atoms. The Morgan fingerprint density at radius 2 is 0.269 bits per heavy atom. The van der Waals surface area contributed by atoms with Gasteiger partial charge in [0.1, 0.15) is 23.3 Å². The molecule has 0 amide bonds. The molecule has 11 heterocycles. The van der Waals surface area contributed by atoms with Crippen molar-refractivity contribution in [2.75, 3.05) is 0 Å². The molecule has 0 aliphatic rings. The Morgan fingerprint density at radius 3 is 0.455 bits per heavy atom. The Balaban J connectivity index is 0.0000000948. The normalized spacial score (nSPS) is 11.7. The molecule has 0 aliphatic heterocycles. The zero-order chi connectivity index (χ0) is 95.8. The average Bonchev–Trinajstić information content (AvgIpc) is 1.57. The van der Waals surface area contributed by atoms with E-state index in [2.05, 4.69) is 478 Å². The third-order valence-electron chi connectivity index (χ3n) is 29.0. The van der Waals surface area contributed by atoms with E-state index in [1.807, 2.05) is 78.9 Å². The maximum atomic E-state index is 9.45. The van der Waals surface area contributed by atoms with Gasteiger partial charge in [-0.1, -0.05) is 309 Å². The van der Waals surface area contributed by atoms with Gasteiger partial charge in [-0.2, -0.15) is 10.5 Å². The van der Waals surface area contributed by atoms with Gasteiger partial charge < -0.3 is 22.8 Å². The van der Waals surface area contributed by atoms with Crippen molar-refractivity contribution in [3.8, 4) is 63.8 Å². The van der Waals surface area contributed by atoms with Crippen LogP contribution in [-0.4, -0.2) is 51.1 Å². The topological polar surface area (TPSA) is 118 Å². The number of nitrogens with zero attached hydrogens (tertiary/aromatic N) is 13. The summed E-state index contributed by atoms with van der Waals surface area (Å²) in [6, 6.07) is 182. The van der Waals surface area contributed by atoms with Gasteiger partial charge in [0.25, 0.3) is 0 Å². The van der Waals surface area contributed by atoms with Gasteiger partial charge in [0.05, 0.1) is 140 Å². The van der Waals surface area contributed by atoms with Crippen LogP contribution in [0, 0.1) is 22.7 Å². The van der Waals surface area contributed by atoms with Crippen LogP contribution in [0.1, 0.15) is 11.1 Å². The molecule has 31 aromatic rings. The van der Waals surface area contributed by atoms with Crippen molar-refractivity contribution in [2.45, 2.75) is 0 Å². The zero-order valence-electron chi connectivity index (χ0n) is 78.2. The van der Waals surface area contributed by atoms with Crippen LogP contribution in [-0.2, 0) is 0 Å². The van der Waals surface area contributed by atoms with Crippen LogP contribution in [0.2, 0.25) is 0 Å². The molecule has 0 unspecified atom stereocenters. The summed E-state index contributed by atoms with van der Waals surface area (Å²) in [6.07, 6.45) is 0. The van der Waals surface area contributed by atoms with Crippen molar-refractivity contribution in [2.24, 2.45) is 0 Å². The van der Waals surface area contributed by atoms with E-state index in [1.165, 1.54) is 164 Å². The van der Waals surface area contributed by atoms with Gasteiger partial charge >= 0.3 is 0 Å². The number of fused-ring (bicyclic) bond motifs is 27. The van der Waals surface area contributed by atoms with Gasteiger partial charge in [-0.25, -0.2) is 9.97 Å². The lowest BCUT2D eigenvalue weighted by Crippen LogP contribution is -2.03. The van der Waals surface area contributed by atoms with Gasteiger partial charge in [0.2, 0.25) is 0 Å². The summed E-state index contributed by atoms with van der Waals surface area (Å²) in [5.41, 5.74) is 27.8. The second kappa shape index (κ2) is 33.9. The second-order valence-corrected chi connectivity index (χ2v) is 36.9. The fraction of sp³-hybridized carbons (Fsp3) is 0. The molecule has 31 rings (SSSR count). The molecule has 13 heteroatoms. The highest BCUT2D eigenvalue weighted by molar-refractivity contribution is 6.17. The van der Waals surface area contributed by atoms with Gasteiger partial charge in [0.15, 0.2) is 0 Å². The van der Waals surface area contributed by atoms with Crippen LogP contribution in [0.3, 0.4) is 0 Å². The Kier molecular flexibility index (Phi) is 19.4. The fourth-order valence-electron chi connectivity index (χ4n) is 23.0. The van der Waals surface area contributed by atoms with Crippen LogP contribution in [0.5, 0.6) is 0 Å². The fourth-order valence-corrected chi connectivity index (χ4v) is 23.0. The molecule has 145 heavy (non-hydrogen) atoms. The van der Waals surface area contributed by atoms with Crippen LogP contribution in [0.4, 0.5) is 0 Å². The van der Waals surface area contributed by atoms with Crippen molar-refractivity contribution in [1.82, 2.24) is 51.1 Å². The number of benzene rings is 20. The zero-order valence-corrected chi connectivity index (χ0v) is 78.2. The monoisotopic (exact) mass is 1850 g/mol. The van der Waals surface area contributed by atoms with Crippen molar-refractivity contribution >= 4 is 196 Å². The van der Waals surface area contributed by atoms with Crippen LogP contribution in [0.25, 0.3) is 248 Å². The van der Waals surface area contributed by atoms with E-state index in [1.54, 1.807) is 0 Å². The Bertz CT molecular complexity index is 9480. The van der Waals surface area contributed by atoms with E-state index in [4.69, 9.17) is 9.97 Å². The van der Waals surface area contributed by atoms with E-state index in [0.29, 0.717) is 11.1 Å². The van der Waals surface area contributed by atoms with Gasteiger partial charge in [0, 0.05) is 108 Å². The predicted octanol–water partition coefficient (Wildman–Crippen LogP) is 33.2. The summed E-state index contributed by atoms with van der Waals surface area (Å²) in [4.78, 5) is 10.3. The molecule has 0 N–H and O–H groups in total. The first-order valence-corrected chi connectivity index (χ1v) is 48.9. The van der Waals surface area contributed by atoms with Crippen molar-refractivity contribution in [1.29, 1.82) is 10.5 Å². The van der Waals surface area contributed by atoms with Gasteiger partial charge in [-0.3, -0.25) is 18.3 Å². The van der Waals surface area contributed by atoms with Crippen LogP contribution in [0.15, 0.2) is 504 Å². The second-order valence-electron chi connectivity index (χ2n) is 36.9. The third kappa shape index (κ3) is 13.3. The number of aromatic nitrogens is 11. The van der Waals surface area contributed by atoms with E-state index in [0.717, 1.165) is 83.9 Å². The molecule has 20 aromatic carbocycles. The molecule has 0 fully saturated rings. The predicted molar refractivity (Wildman–Crippen MR) is 600 cm³/mol. The van der Waals surface area contributed by atoms with Crippen molar-refractivity contribution in [3.05, 3.63) is 515 Å². The Hall–Kier alpha value is -20.1. The number of hydrogen-bond acceptors (Lipinski definition) is 4. The summed E-state index contributed by atoms with van der Waals surface area (Å²) in [6.45, 7) is 0. The Labute approximate surface area is 830 Å². The molecule has 0 spiro atoms. The first-order valence-electron chi connectivity index (χ1n) is 48.9. The van der Waals surface area contributed by atoms with E-state index in [9.17, 15) is 10.5 Å². The van der Waals surface area contributed by atoms with E-state index >= 15 is 0 Å². The lowest BCUT2D eigenvalue weighted by atomic mass is 10.1. The third-order valence-corrected chi connectivity index (χ3v) is 29.0. The maximum absolute atomic E-state index is 9.45. The summed E-state index contributed by atoms with van der Waals surface area (Å²) in [5, 5.41) is 40.8. The largest absolute Gasteiger partial charge is 0.309 e. The molecule has 0 aliphatic carbocycles. The molecular weight excluding hydrogens is 1770 g/mol. The summed E-state index contributed by atoms with van der Waals surface area (Å²) in [5.74, 6) is 3.43. The minimum atomic E-state index is 0.633. The summed E-state index contributed by atoms with van der Waals surface area (Å²) < 4.78 is 20.9. The number of pyridine rings is 2. The maximum Gasteiger partial charge on any atom is 0.140 e. The number of rotatable bonds is 9. The first-order chi connectivity index (χ1) is 71.9. The lowest BCUT2D eigenvalue weighted by Gasteiger charge is -2.17. The minimum absolute atomic E-state index is 0.633. The number of hydrogen-bond donors (Lipinski definition) is 0. The quantitative estimate of drug-likeness (QED) is 0.143. The minimum Gasteiger partial charge on any atom is -0.309 e. The molecule has 676 valence electrons. The highest BCUT2D eigenvalue weighted by atomic mass is 15.2. The molecule has 13 nitrogen and oxygen atoms in total. The highest BCUT2D eigenvalue weighted by Gasteiger charge is 2.25. The summed E-state index contributed by atoms with van der Waals surface area (Å²) >= 11 is 0. The number of para-hydroxylation sites is 16. The molecule has 11 aromatic heterocycles. The highest BCUT2D eigenvalue weighted by Crippen LogP contribution is 2.45. The van der Waals surface area contributed by atoms with Gasteiger partial charge in [-0.15, -0.1) is 0 Å². The molecular formula is C132H83N13. The smallest absolute Gasteiger partial charge is 0.140 e.